The first-order chi connectivity index (χ1) is 11.0. The van der Waals surface area contributed by atoms with Crippen molar-refractivity contribution in [3.63, 3.8) is 0 Å². The van der Waals surface area contributed by atoms with Gasteiger partial charge in [0.25, 0.3) is 0 Å². The molecule has 1 heterocycles. The highest BCUT2D eigenvalue weighted by Crippen LogP contribution is 2.38. The predicted octanol–water partition coefficient (Wildman–Crippen LogP) is 2.18. The van der Waals surface area contributed by atoms with Crippen LogP contribution in [0.15, 0.2) is 24.3 Å². The summed E-state index contributed by atoms with van der Waals surface area (Å²) in [5.41, 5.74) is -2.15. The molecule has 0 atom stereocenters. The number of aromatic carboxylic acids is 2. The monoisotopic (exact) mass is 347 g/mol. The lowest BCUT2D eigenvalue weighted by Gasteiger charge is -2.11. The van der Waals surface area contributed by atoms with E-state index in [9.17, 15) is 33.0 Å². The fourth-order valence-corrected chi connectivity index (χ4v) is 2.00. The van der Waals surface area contributed by atoms with Crippen LogP contribution in [0, 0.1) is 0 Å². The summed E-state index contributed by atoms with van der Waals surface area (Å²) in [5, 5.41) is 37.4. The number of carbonyl (C=O) groups is 2. The Hall–Kier alpha value is -3.37. The Balaban J connectivity index is 2.61. The number of hydrogen-bond donors (Lipinski definition) is 4. The highest BCUT2D eigenvalue weighted by molar-refractivity contribution is 5.99. The molecule has 0 saturated heterocycles. The van der Waals surface area contributed by atoms with Crippen molar-refractivity contribution in [3.8, 4) is 22.9 Å². The van der Waals surface area contributed by atoms with E-state index in [1.807, 2.05) is 0 Å². The van der Waals surface area contributed by atoms with Crippen LogP contribution >= 0.6 is 0 Å². The van der Waals surface area contributed by atoms with Crippen molar-refractivity contribution in [1.29, 1.82) is 0 Å². The van der Waals surface area contributed by atoms with E-state index >= 15 is 0 Å². The molecule has 2 aromatic rings. The number of nitrogens with zero attached hydrogens (tertiary/aromatic N) is 1. The number of hydrogen-bond acceptors (Lipinski definition) is 5. The van der Waals surface area contributed by atoms with E-state index in [0.717, 1.165) is 24.3 Å². The van der Waals surface area contributed by atoms with Crippen LogP contribution in [0.1, 0.15) is 21.0 Å². The number of ether oxygens (including phenoxy) is 1. The molecule has 1 aromatic heterocycles. The molecule has 8 nitrogen and oxygen atoms in total. The zero-order valence-corrected chi connectivity index (χ0v) is 11.4. The minimum absolute atomic E-state index is 0.227. The second kappa shape index (κ2) is 5.68. The number of benzene rings is 1. The van der Waals surface area contributed by atoms with Crippen molar-refractivity contribution in [1.82, 2.24) is 4.57 Å². The Bertz CT molecular complexity index is 771. The van der Waals surface area contributed by atoms with Gasteiger partial charge in [-0.3, -0.25) is 4.57 Å². The Kier molecular flexibility index (Phi) is 4.02. The maximum absolute atomic E-state index is 12.1. The summed E-state index contributed by atoms with van der Waals surface area (Å²) < 4.78 is 40.5. The van der Waals surface area contributed by atoms with E-state index < -0.39 is 46.9 Å². The average molecular weight is 347 g/mol. The van der Waals surface area contributed by atoms with E-state index in [4.69, 9.17) is 10.2 Å². The summed E-state index contributed by atoms with van der Waals surface area (Å²) in [4.78, 5) is 22.4. The molecule has 2 rings (SSSR count). The second-order valence-electron chi connectivity index (χ2n) is 4.38. The molecule has 0 saturated carbocycles. The van der Waals surface area contributed by atoms with E-state index in [0.29, 0.717) is 4.57 Å². The quantitative estimate of drug-likeness (QED) is 0.667. The van der Waals surface area contributed by atoms with Crippen molar-refractivity contribution >= 4 is 11.9 Å². The van der Waals surface area contributed by atoms with Gasteiger partial charge in [0.15, 0.2) is 22.9 Å². The van der Waals surface area contributed by atoms with Gasteiger partial charge < -0.3 is 25.2 Å². The summed E-state index contributed by atoms with van der Waals surface area (Å²) in [5.74, 6) is -6.51. The zero-order chi connectivity index (χ0) is 18.2. The minimum Gasteiger partial charge on any atom is -0.503 e. The molecule has 0 unspecified atom stereocenters. The van der Waals surface area contributed by atoms with Gasteiger partial charge in [0, 0.05) is 5.69 Å². The fourth-order valence-electron chi connectivity index (χ4n) is 2.00. The van der Waals surface area contributed by atoms with E-state index in [1.165, 1.54) is 0 Å². The number of carboxylic acids is 2. The van der Waals surface area contributed by atoms with Gasteiger partial charge in [-0.2, -0.15) is 0 Å². The topological polar surface area (TPSA) is 129 Å². The summed E-state index contributed by atoms with van der Waals surface area (Å²) in [6.45, 7) is 0. The zero-order valence-electron chi connectivity index (χ0n) is 11.4. The Morgan fingerprint density at radius 2 is 1.33 bits per heavy atom. The Labute approximate surface area is 130 Å². The molecule has 0 spiro atoms. The lowest BCUT2D eigenvalue weighted by atomic mass is 10.2. The SMILES string of the molecule is O=C(O)c1c(O)c(O)c(C(=O)O)n1-c1ccc(OC(F)(F)F)cc1. The van der Waals surface area contributed by atoms with Gasteiger partial charge in [0.05, 0.1) is 0 Å². The van der Waals surface area contributed by atoms with Crippen molar-refractivity contribution < 1.29 is 47.9 Å². The maximum atomic E-state index is 12.1. The van der Waals surface area contributed by atoms with Crippen LogP contribution in [0.3, 0.4) is 0 Å². The molecule has 4 N–H and O–H groups in total. The van der Waals surface area contributed by atoms with Crippen LogP contribution in [-0.2, 0) is 0 Å². The number of halogens is 3. The van der Waals surface area contributed by atoms with Gasteiger partial charge >= 0.3 is 18.3 Å². The molecule has 1 aromatic carbocycles. The van der Waals surface area contributed by atoms with E-state index in [2.05, 4.69) is 4.74 Å². The number of alkyl halides is 3. The fraction of sp³-hybridized carbons (Fsp3) is 0.0769. The van der Waals surface area contributed by atoms with Crippen LogP contribution in [0.2, 0.25) is 0 Å². The first-order valence-corrected chi connectivity index (χ1v) is 6.02. The van der Waals surface area contributed by atoms with Crippen LogP contribution in [0.25, 0.3) is 5.69 Å². The largest absolute Gasteiger partial charge is 0.573 e. The van der Waals surface area contributed by atoms with Crippen molar-refractivity contribution in [2.45, 2.75) is 6.36 Å². The molecule has 0 aliphatic heterocycles. The summed E-state index contributed by atoms with van der Waals surface area (Å²) in [6, 6.07) is 3.49. The molecule has 0 bridgehead atoms. The number of carboxylic acid groups (broad SMARTS) is 2. The van der Waals surface area contributed by atoms with Crippen LogP contribution in [0.4, 0.5) is 13.2 Å². The van der Waals surface area contributed by atoms with Crippen molar-refractivity contribution in [2.24, 2.45) is 0 Å². The third-order valence-electron chi connectivity index (χ3n) is 2.85. The molecule has 0 aliphatic carbocycles. The smallest absolute Gasteiger partial charge is 0.503 e. The van der Waals surface area contributed by atoms with Crippen LogP contribution in [0.5, 0.6) is 17.2 Å². The molecular formula is C13H8F3NO7. The first kappa shape index (κ1) is 17.0. The molecule has 24 heavy (non-hydrogen) atoms. The maximum Gasteiger partial charge on any atom is 0.573 e. The first-order valence-electron chi connectivity index (χ1n) is 6.02. The molecule has 11 heteroatoms. The standard InChI is InChI=1S/C13H8F3NO7/c14-13(15,16)24-6-3-1-5(2-4-6)17-7(11(20)21)9(18)10(19)8(17)12(22)23/h1-4,18-19H,(H,20,21)(H,22,23). The van der Waals surface area contributed by atoms with Gasteiger partial charge in [-0.05, 0) is 24.3 Å². The number of aromatic nitrogens is 1. The number of rotatable bonds is 4. The summed E-state index contributed by atoms with van der Waals surface area (Å²) in [7, 11) is 0. The van der Waals surface area contributed by atoms with Gasteiger partial charge in [-0.1, -0.05) is 0 Å². The van der Waals surface area contributed by atoms with Crippen molar-refractivity contribution in [2.75, 3.05) is 0 Å². The average Bonchev–Trinajstić information content (AvgIpc) is 2.70. The van der Waals surface area contributed by atoms with E-state index in [-0.39, 0.29) is 5.69 Å². The second-order valence-corrected chi connectivity index (χ2v) is 4.38. The van der Waals surface area contributed by atoms with Gasteiger partial charge in [-0.15, -0.1) is 13.2 Å². The third kappa shape index (κ3) is 3.04. The molecule has 0 amide bonds. The molecule has 0 radical (unpaired) electrons. The lowest BCUT2D eigenvalue weighted by Crippen LogP contribution is -2.17. The van der Waals surface area contributed by atoms with E-state index in [1.54, 1.807) is 0 Å². The normalized spacial score (nSPS) is 11.3. The Morgan fingerprint density at radius 3 is 1.67 bits per heavy atom. The summed E-state index contributed by atoms with van der Waals surface area (Å²) >= 11 is 0. The summed E-state index contributed by atoms with van der Waals surface area (Å²) in [6.07, 6.45) is -4.94. The predicted molar refractivity (Wildman–Crippen MR) is 69.7 cm³/mol. The highest BCUT2D eigenvalue weighted by atomic mass is 19.4. The third-order valence-corrected chi connectivity index (χ3v) is 2.85. The van der Waals surface area contributed by atoms with Crippen LogP contribution in [-0.4, -0.2) is 43.3 Å². The molecule has 128 valence electrons. The van der Waals surface area contributed by atoms with Gasteiger partial charge in [-0.25, -0.2) is 9.59 Å². The molecular weight excluding hydrogens is 339 g/mol. The van der Waals surface area contributed by atoms with Gasteiger partial charge in [0.1, 0.15) is 5.75 Å². The highest BCUT2D eigenvalue weighted by Gasteiger charge is 2.33. The molecule has 0 aliphatic rings. The lowest BCUT2D eigenvalue weighted by molar-refractivity contribution is -0.274. The Morgan fingerprint density at radius 1 is 0.917 bits per heavy atom. The minimum atomic E-state index is -4.94. The van der Waals surface area contributed by atoms with Crippen molar-refractivity contribution in [3.05, 3.63) is 35.7 Å². The number of aromatic hydroxyl groups is 2. The molecule has 0 fully saturated rings. The van der Waals surface area contributed by atoms with Crippen LogP contribution < -0.4 is 4.74 Å². The van der Waals surface area contributed by atoms with Gasteiger partial charge in [0.2, 0.25) is 0 Å².